The second kappa shape index (κ2) is 4.47. The summed E-state index contributed by atoms with van der Waals surface area (Å²) >= 11 is 0. The summed E-state index contributed by atoms with van der Waals surface area (Å²) in [7, 11) is 0. The topological polar surface area (TPSA) is 12.0 Å². The average Bonchev–Trinajstić information content (AvgIpc) is 2.31. The van der Waals surface area contributed by atoms with Crippen LogP contribution in [0.4, 0.5) is 11.4 Å². The molecule has 1 N–H and O–H groups in total. The van der Waals surface area contributed by atoms with Gasteiger partial charge in [0, 0.05) is 11.4 Å². The molecule has 0 spiro atoms. The Labute approximate surface area is 90.1 Å². The smallest absolute Gasteiger partial charge is 0.0384 e. The Morgan fingerprint density at radius 2 is 1.40 bits per heavy atom. The minimum Gasteiger partial charge on any atom is -0.356 e. The molecule has 0 aliphatic rings. The first-order valence-corrected chi connectivity index (χ1v) is 4.85. The van der Waals surface area contributed by atoms with Crippen LogP contribution in [0.15, 0.2) is 54.6 Å². The highest BCUT2D eigenvalue weighted by atomic mass is 14.9. The van der Waals surface area contributed by atoms with Gasteiger partial charge in [-0.3, -0.25) is 0 Å². The Balaban J connectivity index is 2.15. The van der Waals surface area contributed by atoms with Gasteiger partial charge >= 0.3 is 0 Å². The molecule has 0 bridgehead atoms. The van der Waals surface area contributed by atoms with Gasteiger partial charge in [0.25, 0.3) is 0 Å². The second-order valence-corrected chi connectivity index (χ2v) is 3.28. The maximum absolute atomic E-state index is 5.41. The van der Waals surface area contributed by atoms with E-state index in [2.05, 4.69) is 5.32 Å². The summed E-state index contributed by atoms with van der Waals surface area (Å²) in [5, 5.41) is 3.30. The number of anilines is 2. The quantitative estimate of drug-likeness (QED) is 0.781. The maximum Gasteiger partial charge on any atom is 0.0384 e. The Morgan fingerprint density at radius 1 is 0.800 bits per heavy atom. The number of rotatable bonds is 3. The first kappa shape index (κ1) is 9.53. The van der Waals surface area contributed by atoms with Gasteiger partial charge in [0.1, 0.15) is 0 Å². The van der Waals surface area contributed by atoms with Crippen molar-refractivity contribution in [3.8, 4) is 0 Å². The fraction of sp³-hybridized carbons (Fsp3) is 0. The molecule has 0 heterocycles. The summed E-state index contributed by atoms with van der Waals surface area (Å²) in [5.41, 5.74) is 3.17. The lowest BCUT2D eigenvalue weighted by atomic mass is 10.2. The summed E-state index contributed by atoms with van der Waals surface area (Å²) in [5.74, 6) is 0. The SMILES string of the molecule is [CH]=Cc1ccc(Nc2ccccc2)cc1. The Morgan fingerprint density at radius 3 is 2.00 bits per heavy atom. The minimum absolute atomic E-state index is 1.02. The molecule has 0 aliphatic carbocycles. The molecular weight excluding hydrogens is 182 g/mol. The van der Waals surface area contributed by atoms with Crippen LogP contribution in [0.5, 0.6) is 0 Å². The normalized spacial score (nSPS) is 9.60. The summed E-state index contributed by atoms with van der Waals surface area (Å²) in [6, 6.07) is 18.0. The summed E-state index contributed by atoms with van der Waals surface area (Å²) < 4.78 is 0. The van der Waals surface area contributed by atoms with Crippen molar-refractivity contribution in [3.05, 3.63) is 66.7 Å². The van der Waals surface area contributed by atoms with Crippen LogP contribution in [0.1, 0.15) is 5.56 Å². The van der Waals surface area contributed by atoms with Crippen LogP contribution < -0.4 is 5.32 Å². The molecule has 73 valence electrons. The third kappa shape index (κ3) is 2.47. The number of hydrogen-bond acceptors (Lipinski definition) is 1. The minimum atomic E-state index is 1.02. The van der Waals surface area contributed by atoms with Crippen molar-refractivity contribution in [2.24, 2.45) is 0 Å². The molecule has 2 aromatic rings. The van der Waals surface area contributed by atoms with Crippen LogP contribution in [0.3, 0.4) is 0 Å². The van der Waals surface area contributed by atoms with Gasteiger partial charge < -0.3 is 5.32 Å². The molecule has 1 heteroatoms. The molecule has 0 saturated heterocycles. The second-order valence-electron chi connectivity index (χ2n) is 3.28. The first-order chi connectivity index (χ1) is 7.38. The van der Waals surface area contributed by atoms with Crippen molar-refractivity contribution < 1.29 is 0 Å². The maximum atomic E-state index is 5.41. The molecule has 1 radical (unpaired) electrons. The van der Waals surface area contributed by atoms with Crippen LogP contribution in [0.25, 0.3) is 6.08 Å². The fourth-order valence-electron chi connectivity index (χ4n) is 1.37. The van der Waals surface area contributed by atoms with Crippen LogP contribution in [-0.4, -0.2) is 0 Å². The van der Waals surface area contributed by atoms with Crippen LogP contribution in [-0.2, 0) is 0 Å². The van der Waals surface area contributed by atoms with Crippen molar-refractivity contribution in [2.45, 2.75) is 0 Å². The van der Waals surface area contributed by atoms with Crippen LogP contribution in [0.2, 0.25) is 0 Å². The van der Waals surface area contributed by atoms with E-state index in [0.29, 0.717) is 0 Å². The van der Waals surface area contributed by atoms with E-state index < -0.39 is 0 Å². The number of benzene rings is 2. The first-order valence-electron chi connectivity index (χ1n) is 4.85. The third-order valence-corrected chi connectivity index (χ3v) is 2.17. The van der Waals surface area contributed by atoms with E-state index in [9.17, 15) is 0 Å². The molecule has 2 rings (SSSR count). The summed E-state index contributed by atoms with van der Waals surface area (Å²) in [4.78, 5) is 0. The van der Waals surface area contributed by atoms with Crippen molar-refractivity contribution >= 4 is 17.5 Å². The molecule has 0 aliphatic heterocycles. The molecule has 0 aromatic heterocycles. The predicted molar refractivity (Wildman–Crippen MR) is 64.9 cm³/mol. The number of nitrogens with one attached hydrogen (secondary N) is 1. The van der Waals surface area contributed by atoms with E-state index in [1.54, 1.807) is 6.08 Å². The number of para-hydroxylation sites is 1. The largest absolute Gasteiger partial charge is 0.356 e. The Bertz CT molecular complexity index is 429. The van der Waals surface area contributed by atoms with E-state index in [1.165, 1.54) is 0 Å². The zero-order valence-corrected chi connectivity index (χ0v) is 8.35. The molecule has 1 nitrogen and oxygen atoms in total. The summed E-state index contributed by atoms with van der Waals surface area (Å²) in [6.07, 6.45) is 1.59. The van der Waals surface area contributed by atoms with Gasteiger partial charge in [0.2, 0.25) is 0 Å². The molecule has 0 unspecified atom stereocenters. The summed E-state index contributed by atoms with van der Waals surface area (Å²) in [6.45, 7) is 5.41. The average molecular weight is 194 g/mol. The Kier molecular flexibility index (Phi) is 2.84. The van der Waals surface area contributed by atoms with Crippen molar-refractivity contribution in [1.82, 2.24) is 0 Å². The lowest BCUT2D eigenvalue weighted by Crippen LogP contribution is -1.88. The van der Waals surface area contributed by atoms with Gasteiger partial charge in [0.15, 0.2) is 0 Å². The van der Waals surface area contributed by atoms with Crippen molar-refractivity contribution in [3.63, 3.8) is 0 Å². The highest BCUT2D eigenvalue weighted by Crippen LogP contribution is 2.16. The molecular formula is C14H12N. The van der Waals surface area contributed by atoms with E-state index in [4.69, 9.17) is 6.58 Å². The zero-order valence-electron chi connectivity index (χ0n) is 8.35. The van der Waals surface area contributed by atoms with Gasteiger partial charge in [-0.1, -0.05) is 43.0 Å². The predicted octanol–water partition coefficient (Wildman–Crippen LogP) is 3.88. The Hall–Kier alpha value is -2.02. The van der Waals surface area contributed by atoms with Gasteiger partial charge in [-0.25, -0.2) is 0 Å². The standard InChI is InChI=1S/C14H12N/c1-2-12-8-10-14(11-9-12)15-13-6-4-3-5-7-13/h1-11,15H. The van der Waals surface area contributed by atoms with Gasteiger partial charge in [0.05, 0.1) is 0 Å². The molecule has 0 saturated carbocycles. The van der Waals surface area contributed by atoms with E-state index in [0.717, 1.165) is 16.9 Å². The van der Waals surface area contributed by atoms with Gasteiger partial charge in [-0.2, -0.15) is 0 Å². The molecule has 15 heavy (non-hydrogen) atoms. The molecule has 2 aromatic carbocycles. The van der Waals surface area contributed by atoms with Crippen molar-refractivity contribution in [2.75, 3.05) is 5.32 Å². The van der Waals surface area contributed by atoms with Crippen LogP contribution in [0, 0.1) is 6.58 Å². The monoisotopic (exact) mass is 194 g/mol. The third-order valence-electron chi connectivity index (χ3n) is 2.17. The zero-order chi connectivity index (χ0) is 10.5. The highest BCUT2D eigenvalue weighted by Gasteiger charge is 1.92. The van der Waals surface area contributed by atoms with Crippen molar-refractivity contribution in [1.29, 1.82) is 0 Å². The van der Waals surface area contributed by atoms with E-state index >= 15 is 0 Å². The molecule has 0 fully saturated rings. The van der Waals surface area contributed by atoms with E-state index in [1.807, 2.05) is 54.6 Å². The molecule has 0 atom stereocenters. The molecule has 0 amide bonds. The van der Waals surface area contributed by atoms with Crippen LogP contribution >= 0.6 is 0 Å². The lowest BCUT2D eigenvalue weighted by Gasteiger charge is -2.05. The fourth-order valence-corrected chi connectivity index (χ4v) is 1.37. The highest BCUT2D eigenvalue weighted by molar-refractivity contribution is 5.61. The number of hydrogen-bond donors (Lipinski definition) is 1. The lowest BCUT2D eigenvalue weighted by molar-refractivity contribution is 1.54. The van der Waals surface area contributed by atoms with Gasteiger partial charge in [-0.05, 0) is 29.8 Å². The van der Waals surface area contributed by atoms with Gasteiger partial charge in [-0.15, -0.1) is 0 Å². The van der Waals surface area contributed by atoms with E-state index in [-0.39, 0.29) is 0 Å².